The Labute approximate surface area is 71.9 Å². The van der Waals surface area contributed by atoms with Crippen LogP contribution in [0.15, 0.2) is 0 Å². The summed E-state index contributed by atoms with van der Waals surface area (Å²) in [4.78, 5) is 11.0. The lowest BCUT2D eigenvalue weighted by atomic mass is 9.89. The Morgan fingerprint density at radius 2 is 2.36 bits per heavy atom. The molecule has 64 valence electrons. The number of hydrogen-bond acceptors (Lipinski definition) is 3. The molecular formula is C7H12ClNO2. The second kappa shape index (κ2) is 3.41. The van der Waals surface area contributed by atoms with E-state index in [1.807, 2.05) is 0 Å². The highest BCUT2D eigenvalue weighted by Gasteiger charge is 2.37. The van der Waals surface area contributed by atoms with Crippen LogP contribution in [0.4, 0.5) is 0 Å². The number of rotatable bonds is 0. The summed E-state index contributed by atoms with van der Waals surface area (Å²) in [5.41, 5.74) is 0. The van der Waals surface area contributed by atoms with Crippen molar-refractivity contribution in [3.63, 3.8) is 0 Å². The van der Waals surface area contributed by atoms with Gasteiger partial charge < -0.3 is 10.1 Å². The molecule has 0 aromatic heterocycles. The van der Waals surface area contributed by atoms with E-state index in [0.717, 1.165) is 19.5 Å². The van der Waals surface area contributed by atoms with E-state index in [1.165, 1.54) is 0 Å². The lowest BCUT2D eigenvalue weighted by Gasteiger charge is -2.21. The van der Waals surface area contributed by atoms with Gasteiger partial charge in [0.1, 0.15) is 0 Å². The van der Waals surface area contributed by atoms with Gasteiger partial charge in [0.25, 0.3) is 0 Å². The average Bonchev–Trinajstić information content (AvgIpc) is 2.34. The molecule has 3 nitrogen and oxygen atoms in total. The van der Waals surface area contributed by atoms with Crippen LogP contribution in [0.3, 0.4) is 0 Å². The van der Waals surface area contributed by atoms with Crippen molar-refractivity contribution < 1.29 is 9.53 Å². The molecule has 0 spiro atoms. The predicted molar refractivity (Wildman–Crippen MR) is 42.7 cm³/mol. The van der Waals surface area contributed by atoms with Crippen LogP contribution in [0.2, 0.25) is 0 Å². The number of carbonyl (C=O) groups excluding carboxylic acids is 1. The molecule has 0 aromatic rings. The van der Waals surface area contributed by atoms with Crippen LogP contribution in [0, 0.1) is 11.8 Å². The molecule has 2 aliphatic rings. The predicted octanol–water partition coefficient (Wildman–Crippen LogP) is 0.191. The van der Waals surface area contributed by atoms with Gasteiger partial charge in [-0.05, 0) is 13.0 Å². The van der Waals surface area contributed by atoms with Crippen LogP contribution in [0.1, 0.15) is 6.42 Å². The van der Waals surface area contributed by atoms with Gasteiger partial charge in [0.15, 0.2) is 0 Å². The SMILES string of the molecule is Cl.O=C1OCC2CNCCC12. The fourth-order valence-electron chi connectivity index (χ4n) is 1.70. The normalized spacial score (nSPS) is 35.5. The van der Waals surface area contributed by atoms with Gasteiger partial charge in [-0.25, -0.2) is 0 Å². The average molecular weight is 178 g/mol. The first-order chi connectivity index (χ1) is 4.88. The summed E-state index contributed by atoms with van der Waals surface area (Å²) in [6.45, 7) is 2.56. The molecule has 1 N–H and O–H groups in total. The van der Waals surface area contributed by atoms with E-state index in [9.17, 15) is 4.79 Å². The highest BCUT2D eigenvalue weighted by atomic mass is 35.5. The number of carbonyl (C=O) groups is 1. The monoisotopic (exact) mass is 177 g/mol. The summed E-state index contributed by atoms with van der Waals surface area (Å²) in [6.07, 6.45) is 0.962. The molecule has 0 aromatic carbocycles. The quantitative estimate of drug-likeness (QED) is 0.537. The van der Waals surface area contributed by atoms with Crippen molar-refractivity contribution in [2.24, 2.45) is 11.8 Å². The Balaban J connectivity index is 0.000000605. The van der Waals surface area contributed by atoms with E-state index >= 15 is 0 Å². The first kappa shape index (κ1) is 8.81. The smallest absolute Gasteiger partial charge is 0.309 e. The summed E-state index contributed by atoms with van der Waals surface area (Å²) in [5, 5.41) is 3.24. The Morgan fingerprint density at radius 3 is 3.09 bits per heavy atom. The maximum atomic E-state index is 11.0. The third-order valence-electron chi connectivity index (χ3n) is 2.35. The largest absolute Gasteiger partial charge is 0.465 e. The van der Waals surface area contributed by atoms with Gasteiger partial charge in [0.05, 0.1) is 12.5 Å². The molecule has 0 saturated carbocycles. The molecule has 0 bridgehead atoms. The topological polar surface area (TPSA) is 38.3 Å². The number of fused-ring (bicyclic) bond motifs is 1. The lowest BCUT2D eigenvalue weighted by Crippen LogP contribution is -2.36. The first-order valence-corrected chi connectivity index (χ1v) is 3.75. The maximum absolute atomic E-state index is 11.0. The second-order valence-electron chi connectivity index (χ2n) is 2.99. The minimum atomic E-state index is 0. The summed E-state index contributed by atoms with van der Waals surface area (Å²) in [5.74, 6) is 0.689. The van der Waals surface area contributed by atoms with Gasteiger partial charge in [0, 0.05) is 12.5 Å². The fraction of sp³-hybridized carbons (Fsp3) is 0.857. The minimum Gasteiger partial charge on any atom is -0.465 e. The van der Waals surface area contributed by atoms with Crippen molar-refractivity contribution in [1.82, 2.24) is 5.32 Å². The van der Waals surface area contributed by atoms with Crippen LogP contribution in [0.25, 0.3) is 0 Å². The zero-order valence-corrected chi connectivity index (χ0v) is 7.02. The van der Waals surface area contributed by atoms with Crippen LogP contribution in [-0.4, -0.2) is 25.7 Å². The molecule has 2 atom stereocenters. The van der Waals surface area contributed by atoms with Crippen LogP contribution >= 0.6 is 12.4 Å². The number of hydrogen-bond donors (Lipinski definition) is 1. The zero-order chi connectivity index (χ0) is 6.97. The van der Waals surface area contributed by atoms with E-state index in [2.05, 4.69) is 5.32 Å². The summed E-state index contributed by atoms with van der Waals surface area (Å²) >= 11 is 0. The number of halogens is 1. The Morgan fingerprint density at radius 1 is 1.55 bits per heavy atom. The molecule has 2 heterocycles. The van der Waals surface area contributed by atoms with Crippen molar-refractivity contribution >= 4 is 18.4 Å². The molecule has 2 saturated heterocycles. The molecule has 11 heavy (non-hydrogen) atoms. The maximum Gasteiger partial charge on any atom is 0.309 e. The van der Waals surface area contributed by atoms with E-state index < -0.39 is 0 Å². The van der Waals surface area contributed by atoms with Gasteiger partial charge >= 0.3 is 5.97 Å². The number of piperidine rings is 1. The molecule has 0 amide bonds. The number of nitrogens with one attached hydrogen (secondary N) is 1. The van der Waals surface area contributed by atoms with E-state index in [1.54, 1.807) is 0 Å². The van der Waals surface area contributed by atoms with Crippen LogP contribution < -0.4 is 5.32 Å². The van der Waals surface area contributed by atoms with Crippen LogP contribution in [0.5, 0.6) is 0 Å². The molecule has 2 fully saturated rings. The highest BCUT2D eigenvalue weighted by Crippen LogP contribution is 2.26. The van der Waals surface area contributed by atoms with Gasteiger partial charge in [-0.2, -0.15) is 0 Å². The van der Waals surface area contributed by atoms with Gasteiger partial charge in [-0.15, -0.1) is 12.4 Å². The standard InChI is InChI=1S/C7H11NO2.ClH/c9-7-6-1-2-8-3-5(6)4-10-7;/h5-6,8H,1-4H2;1H. The third-order valence-corrected chi connectivity index (χ3v) is 2.35. The Kier molecular flexibility index (Phi) is 2.73. The Hall–Kier alpha value is -0.280. The number of cyclic esters (lactones) is 1. The summed E-state index contributed by atoms with van der Waals surface area (Å²) in [6, 6.07) is 0. The van der Waals surface area contributed by atoms with Gasteiger partial charge in [-0.1, -0.05) is 0 Å². The molecule has 2 aliphatic heterocycles. The Bertz CT molecular complexity index is 163. The molecular weight excluding hydrogens is 166 g/mol. The van der Waals surface area contributed by atoms with Crippen molar-refractivity contribution in [2.45, 2.75) is 6.42 Å². The van der Waals surface area contributed by atoms with Gasteiger partial charge in [-0.3, -0.25) is 4.79 Å². The minimum absolute atomic E-state index is 0. The molecule has 2 unspecified atom stereocenters. The van der Waals surface area contributed by atoms with Crippen molar-refractivity contribution in [1.29, 1.82) is 0 Å². The van der Waals surface area contributed by atoms with Crippen LogP contribution in [-0.2, 0) is 9.53 Å². The first-order valence-electron chi connectivity index (χ1n) is 3.75. The van der Waals surface area contributed by atoms with E-state index in [0.29, 0.717) is 12.5 Å². The molecule has 0 radical (unpaired) electrons. The zero-order valence-electron chi connectivity index (χ0n) is 6.21. The molecule has 0 aliphatic carbocycles. The third kappa shape index (κ3) is 1.49. The van der Waals surface area contributed by atoms with E-state index in [-0.39, 0.29) is 24.3 Å². The van der Waals surface area contributed by atoms with Crippen molar-refractivity contribution in [3.05, 3.63) is 0 Å². The van der Waals surface area contributed by atoms with Crippen molar-refractivity contribution in [2.75, 3.05) is 19.7 Å². The molecule has 2 rings (SSSR count). The fourth-order valence-corrected chi connectivity index (χ4v) is 1.70. The highest BCUT2D eigenvalue weighted by molar-refractivity contribution is 5.85. The molecule has 4 heteroatoms. The number of ether oxygens (including phenoxy) is 1. The van der Waals surface area contributed by atoms with Crippen molar-refractivity contribution in [3.8, 4) is 0 Å². The number of esters is 1. The summed E-state index contributed by atoms with van der Waals surface area (Å²) in [7, 11) is 0. The lowest BCUT2D eigenvalue weighted by molar-refractivity contribution is -0.141. The summed E-state index contributed by atoms with van der Waals surface area (Å²) < 4.78 is 4.92. The van der Waals surface area contributed by atoms with Gasteiger partial charge in [0.2, 0.25) is 0 Å². The van der Waals surface area contributed by atoms with E-state index in [4.69, 9.17) is 4.74 Å². The second-order valence-corrected chi connectivity index (χ2v) is 2.99.